The van der Waals surface area contributed by atoms with Crippen LogP contribution >= 0.6 is 0 Å². The predicted octanol–water partition coefficient (Wildman–Crippen LogP) is 3.53. The fraction of sp³-hybridized carbons (Fsp3) is 0.273. The van der Waals surface area contributed by atoms with Gasteiger partial charge in [-0.3, -0.25) is 4.90 Å². The number of nitrogens with zero attached hydrogens (tertiary/aromatic N) is 3. The minimum absolute atomic E-state index is 0.0406. The maximum Gasteiger partial charge on any atom is 0.126 e. The van der Waals surface area contributed by atoms with E-state index in [2.05, 4.69) is 27.0 Å². The first kappa shape index (κ1) is 18.2. The Balaban J connectivity index is 1.56. The Morgan fingerprint density at radius 3 is 3.04 bits per heavy atom. The third-order valence-corrected chi connectivity index (χ3v) is 4.97. The highest BCUT2D eigenvalue weighted by molar-refractivity contribution is 5.60. The standard InChI is InChI=1S/C22H22N4O2/c1-27-19-7-3-6-18(11-19)20-13-24-22(25-20)21-15-28-9-8-26(21)14-17-5-2-4-16(10-17)12-23/h2-7,10-11,13,21H,8-9,14-15H2,1H3,(H,24,25). The van der Waals surface area contributed by atoms with Crippen LogP contribution in [0.15, 0.2) is 54.7 Å². The van der Waals surface area contributed by atoms with Crippen molar-refractivity contribution < 1.29 is 9.47 Å². The summed E-state index contributed by atoms with van der Waals surface area (Å²) in [6, 6.07) is 17.9. The summed E-state index contributed by atoms with van der Waals surface area (Å²) in [7, 11) is 1.66. The van der Waals surface area contributed by atoms with Crippen molar-refractivity contribution in [3.8, 4) is 23.1 Å². The molecule has 28 heavy (non-hydrogen) atoms. The van der Waals surface area contributed by atoms with Crippen molar-refractivity contribution in [3.63, 3.8) is 0 Å². The van der Waals surface area contributed by atoms with Crippen LogP contribution in [0.25, 0.3) is 11.3 Å². The van der Waals surface area contributed by atoms with E-state index < -0.39 is 0 Å². The molecule has 2 aromatic carbocycles. The average Bonchev–Trinajstić information content (AvgIpc) is 3.24. The number of hydrogen-bond donors (Lipinski definition) is 1. The molecule has 2 heterocycles. The van der Waals surface area contributed by atoms with E-state index >= 15 is 0 Å². The number of hydrogen-bond acceptors (Lipinski definition) is 5. The van der Waals surface area contributed by atoms with Crippen molar-refractivity contribution in [2.45, 2.75) is 12.6 Å². The minimum atomic E-state index is 0.0406. The molecule has 6 nitrogen and oxygen atoms in total. The molecule has 1 N–H and O–H groups in total. The van der Waals surface area contributed by atoms with E-state index in [1.165, 1.54) is 0 Å². The molecular formula is C22H22N4O2. The number of aromatic amines is 1. The van der Waals surface area contributed by atoms with Gasteiger partial charge in [-0.2, -0.15) is 5.26 Å². The van der Waals surface area contributed by atoms with Gasteiger partial charge in [-0.05, 0) is 29.8 Å². The molecule has 1 saturated heterocycles. The van der Waals surface area contributed by atoms with Gasteiger partial charge in [-0.15, -0.1) is 0 Å². The fourth-order valence-corrected chi connectivity index (χ4v) is 3.50. The maximum atomic E-state index is 9.14. The Morgan fingerprint density at radius 1 is 1.29 bits per heavy atom. The van der Waals surface area contributed by atoms with Crippen molar-refractivity contribution in [1.82, 2.24) is 14.9 Å². The molecule has 1 aromatic heterocycles. The Labute approximate surface area is 164 Å². The van der Waals surface area contributed by atoms with Gasteiger partial charge in [0.2, 0.25) is 0 Å². The van der Waals surface area contributed by atoms with Gasteiger partial charge in [0.15, 0.2) is 0 Å². The number of nitrogens with one attached hydrogen (secondary N) is 1. The molecule has 0 spiro atoms. The molecule has 3 aromatic rings. The van der Waals surface area contributed by atoms with Crippen LogP contribution < -0.4 is 4.74 Å². The Hall–Kier alpha value is -3.14. The third kappa shape index (κ3) is 3.91. The molecule has 1 aliphatic heterocycles. The summed E-state index contributed by atoms with van der Waals surface area (Å²) in [6.07, 6.45) is 1.85. The first-order valence-electron chi connectivity index (χ1n) is 9.27. The van der Waals surface area contributed by atoms with Crippen LogP contribution in [0.5, 0.6) is 5.75 Å². The molecule has 0 radical (unpaired) electrons. The van der Waals surface area contributed by atoms with Gasteiger partial charge in [0, 0.05) is 18.7 Å². The number of ether oxygens (including phenoxy) is 2. The third-order valence-electron chi connectivity index (χ3n) is 4.97. The van der Waals surface area contributed by atoms with Crippen molar-refractivity contribution >= 4 is 0 Å². The fourth-order valence-electron chi connectivity index (χ4n) is 3.50. The summed E-state index contributed by atoms with van der Waals surface area (Å²) in [4.78, 5) is 10.4. The normalized spacial score (nSPS) is 17.2. The van der Waals surface area contributed by atoms with Gasteiger partial charge in [-0.1, -0.05) is 24.3 Å². The lowest BCUT2D eigenvalue weighted by atomic mass is 10.1. The molecule has 0 aliphatic carbocycles. The molecule has 0 amide bonds. The second-order valence-electron chi connectivity index (χ2n) is 6.79. The smallest absolute Gasteiger partial charge is 0.126 e. The number of aromatic nitrogens is 2. The van der Waals surface area contributed by atoms with Crippen molar-refractivity contribution in [1.29, 1.82) is 5.26 Å². The van der Waals surface area contributed by atoms with Gasteiger partial charge < -0.3 is 14.5 Å². The average molecular weight is 374 g/mol. The Morgan fingerprint density at radius 2 is 2.18 bits per heavy atom. The number of nitriles is 1. The topological polar surface area (TPSA) is 74.2 Å². The van der Waals surface area contributed by atoms with Crippen LogP contribution in [0.2, 0.25) is 0 Å². The summed E-state index contributed by atoms with van der Waals surface area (Å²) in [6.45, 7) is 2.84. The molecule has 4 rings (SSSR count). The molecule has 1 fully saturated rings. The molecule has 142 valence electrons. The van der Waals surface area contributed by atoms with E-state index in [1.54, 1.807) is 7.11 Å². The Bertz CT molecular complexity index is 992. The molecule has 1 unspecified atom stereocenters. The molecule has 0 saturated carbocycles. The van der Waals surface area contributed by atoms with E-state index in [1.807, 2.05) is 48.7 Å². The first-order chi connectivity index (χ1) is 13.8. The quantitative estimate of drug-likeness (QED) is 0.739. The zero-order valence-corrected chi connectivity index (χ0v) is 15.8. The van der Waals surface area contributed by atoms with Crippen molar-refractivity contribution in [3.05, 3.63) is 71.7 Å². The summed E-state index contributed by atoms with van der Waals surface area (Å²) in [5.74, 6) is 1.70. The number of imidazole rings is 1. The molecular weight excluding hydrogens is 352 g/mol. The van der Waals surface area contributed by atoms with Gasteiger partial charge in [-0.25, -0.2) is 4.98 Å². The zero-order chi connectivity index (χ0) is 19.3. The van der Waals surface area contributed by atoms with Crippen LogP contribution in [0.1, 0.15) is 23.0 Å². The van der Waals surface area contributed by atoms with E-state index in [0.717, 1.165) is 41.5 Å². The Kier molecular flexibility index (Phi) is 5.38. The summed E-state index contributed by atoms with van der Waals surface area (Å²) >= 11 is 0. The zero-order valence-electron chi connectivity index (χ0n) is 15.8. The SMILES string of the molecule is COc1cccc(-c2cnc(C3COCCN3Cc3cccc(C#N)c3)[nH]2)c1. The van der Waals surface area contributed by atoms with Crippen LogP contribution in [-0.2, 0) is 11.3 Å². The van der Waals surface area contributed by atoms with Gasteiger partial charge >= 0.3 is 0 Å². The van der Waals surface area contributed by atoms with Crippen LogP contribution in [0.4, 0.5) is 0 Å². The van der Waals surface area contributed by atoms with E-state index in [-0.39, 0.29) is 6.04 Å². The maximum absolute atomic E-state index is 9.14. The monoisotopic (exact) mass is 374 g/mol. The van der Waals surface area contributed by atoms with Crippen LogP contribution in [0, 0.1) is 11.3 Å². The number of morpholine rings is 1. The van der Waals surface area contributed by atoms with E-state index in [9.17, 15) is 0 Å². The summed E-state index contributed by atoms with van der Waals surface area (Å²) in [5.41, 5.74) is 3.78. The summed E-state index contributed by atoms with van der Waals surface area (Å²) < 4.78 is 11.0. The lowest BCUT2D eigenvalue weighted by Gasteiger charge is -2.34. The van der Waals surface area contributed by atoms with Crippen molar-refractivity contribution in [2.75, 3.05) is 26.9 Å². The van der Waals surface area contributed by atoms with Crippen molar-refractivity contribution in [2.24, 2.45) is 0 Å². The van der Waals surface area contributed by atoms with Gasteiger partial charge in [0.25, 0.3) is 0 Å². The molecule has 1 atom stereocenters. The van der Waals surface area contributed by atoms with Gasteiger partial charge in [0.1, 0.15) is 11.6 Å². The predicted molar refractivity (Wildman–Crippen MR) is 106 cm³/mol. The first-order valence-corrected chi connectivity index (χ1v) is 9.27. The van der Waals surface area contributed by atoms with Crippen LogP contribution in [0.3, 0.4) is 0 Å². The highest BCUT2D eigenvalue weighted by atomic mass is 16.5. The minimum Gasteiger partial charge on any atom is -0.497 e. The second kappa shape index (κ2) is 8.26. The number of methoxy groups -OCH3 is 1. The molecule has 1 aliphatic rings. The molecule has 6 heteroatoms. The van der Waals surface area contributed by atoms with Crippen LogP contribution in [-0.4, -0.2) is 41.7 Å². The van der Waals surface area contributed by atoms with E-state index in [4.69, 9.17) is 14.7 Å². The lowest BCUT2D eigenvalue weighted by Crippen LogP contribution is -2.39. The highest BCUT2D eigenvalue weighted by Gasteiger charge is 2.27. The van der Waals surface area contributed by atoms with Gasteiger partial charge in [0.05, 0.1) is 49.9 Å². The number of benzene rings is 2. The summed E-state index contributed by atoms with van der Waals surface area (Å²) in [5, 5.41) is 9.14. The lowest BCUT2D eigenvalue weighted by molar-refractivity contribution is -0.0156. The van der Waals surface area contributed by atoms with E-state index in [0.29, 0.717) is 18.8 Å². The highest BCUT2D eigenvalue weighted by Crippen LogP contribution is 2.28. The number of rotatable bonds is 5. The number of H-pyrrole nitrogens is 1. The largest absolute Gasteiger partial charge is 0.497 e. The molecule has 0 bridgehead atoms. The second-order valence-corrected chi connectivity index (χ2v) is 6.79.